The molecular weight excluding hydrogens is 242 g/mol. The van der Waals surface area contributed by atoms with E-state index in [0.29, 0.717) is 11.5 Å². The van der Waals surface area contributed by atoms with Gasteiger partial charge in [0.2, 0.25) is 5.91 Å². The lowest BCUT2D eigenvalue weighted by molar-refractivity contribution is -0.115. The first-order chi connectivity index (χ1) is 8.58. The molecule has 0 radical (unpaired) electrons. The van der Waals surface area contributed by atoms with Gasteiger partial charge in [-0.25, -0.2) is 13.8 Å². The summed E-state index contributed by atoms with van der Waals surface area (Å²) in [6.45, 7) is 1.68. The minimum Gasteiger partial charge on any atom is -0.448 e. The quantitative estimate of drug-likeness (QED) is 0.912. The number of nitrogens with zero attached hydrogens (tertiary/aromatic N) is 1. The fraction of sp³-hybridized carbons (Fsp3) is 0.167. The number of rotatable bonds is 3. The molecule has 0 atom stereocenters. The SMILES string of the molecule is Cc1ncoc1CC(=O)Nc1c(F)cccc1F. The van der Waals surface area contributed by atoms with Crippen LogP contribution in [0.1, 0.15) is 11.5 Å². The molecule has 2 rings (SSSR count). The summed E-state index contributed by atoms with van der Waals surface area (Å²) in [4.78, 5) is 15.4. The van der Waals surface area contributed by atoms with Crippen molar-refractivity contribution in [3.63, 3.8) is 0 Å². The number of halogens is 2. The van der Waals surface area contributed by atoms with E-state index in [1.165, 1.54) is 12.5 Å². The molecular formula is C12H10F2N2O2. The second kappa shape index (κ2) is 4.95. The zero-order valence-corrected chi connectivity index (χ0v) is 9.54. The first-order valence-corrected chi connectivity index (χ1v) is 5.20. The van der Waals surface area contributed by atoms with Crippen molar-refractivity contribution in [2.75, 3.05) is 5.32 Å². The van der Waals surface area contributed by atoms with Gasteiger partial charge in [-0.1, -0.05) is 6.07 Å². The molecule has 0 aliphatic heterocycles. The average Bonchev–Trinajstić information content (AvgIpc) is 2.70. The molecule has 0 bridgehead atoms. The van der Waals surface area contributed by atoms with E-state index in [4.69, 9.17) is 4.42 Å². The van der Waals surface area contributed by atoms with Crippen molar-refractivity contribution in [3.8, 4) is 0 Å². The number of para-hydroxylation sites is 1. The highest BCUT2D eigenvalue weighted by Crippen LogP contribution is 2.18. The molecule has 1 heterocycles. The number of aryl methyl sites for hydroxylation is 1. The Hall–Kier alpha value is -2.24. The smallest absolute Gasteiger partial charge is 0.232 e. The minimum absolute atomic E-state index is 0.125. The number of oxazole rings is 1. The van der Waals surface area contributed by atoms with Crippen molar-refractivity contribution in [2.45, 2.75) is 13.3 Å². The molecule has 0 aliphatic carbocycles. The monoisotopic (exact) mass is 252 g/mol. The molecule has 0 saturated carbocycles. The molecule has 0 unspecified atom stereocenters. The zero-order chi connectivity index (χ0) is 13.1. The molecule has 18 heavy (non-hydrogen) atoms. The number of anilines is 1. The molecule has 94 valence electrons. The van der Waals surface area contributed by atoms with Gasteiger partial charge in [-0.05, 0) is 19.1 Å². The lowest BCUT2D eigenvalue weighted by Gasteiger charge is -2.06. The molecule has 0 spiro atoms. The van der Waals surface area contributed by atoms with Gasteiger partial charge in [-0.3, -0.25) is 4.79 Å². The summed E-state index contributed by atoms with van der Waals surface area (Å²) >= 11 is 0. The molecule has 4 nitrogen and oxygen atoms in total. The van der Waals surface area contributed by atoms with Gasteiger partial charge in [0, 0.05) is 0 Å². The maximum absolute atomic E-state index is 13.3. The Labute approximate surface area is 102 Å². The number of carbonyl (C=O) groups is 1. The largest absolute Gasteiger partial charge is 0.448 e. The van der Waals surface area contributed by atoms with Crippen molar-refractivity contribution >= 4 is 11.6 Å². The first kappa shape index (κ1) is 12.2. The second-order valence-electron chi connectivity index (χ2n) is 3.68. The van der Waals surface area contributed by atoms with E-state index in [0.717, 1.165) is 12.1 Å². The maximum Gasteiger partial charge on any atom is 0.232 e. The van der Waals surface area contributed by atoms with Crippen molar-refractivity contribution in [1.82, 2.24) is 4.98 Å². The Morgan fingerprint density at radius 3 is 2.61 bits per heavy atom. The van der Waals surface area contributed by atoms with Crippen molar-refractivity contribution in [3.05, 3.63) is 47.7 Å². The van der Waals surface area contributed by atoms with Gasteiger partial charge < -0.3 is 9.73 Å². The van der Waals surface area contributed by atoms with Crippen LogP contribution in [0.25, 0.3) is 0 Å². The van der Waals surface area contributed by atoms with Crippen LogP contribution in [-0.4, -0.2) is 10.9 Å². The molecule has 1 amide bonds. The Kier molecular flexibility index (Phi) is 3.36. The summed E-state index contributed by atoms with van der Waals surface area (Å²) in [5, 5.41) is 2.17. The van der Waals surface area contributed by atoms with E-state index in [1.54, 1.807) is 6.92 Å². The van der Waals surface area contributed by atoms with Gasteiger partial charge in [0.25, 0.3) is 0 Å². The Balaban J connectivity index is 2.10. The van der Waals surface area contributed by atoms with E-state index in [-0.39, 0.29) is 6.42 Å². The second-order valence-corrected chi connectivity index (χ2v) is 3.68. The minimum atomic E-state index is -0.822. The van der Waals surface area contributed by atoms with Gasteiger partial charge >= 0.3 is 0 Å². The van der Waals surface area contributed by atoms with Gasteiger partial charge in [0.1, 0.15) is 23.1 Å². The van der Waals surface area contributed by atoms with Crippen LogP contribution < -0.4 is 5.32 Å². The fourth-order valence-electron chi connectivity index (χ4n) is 1.44. The molecule has 0 fully saturated rings. The maximum atomic E-state index is 13.3. The number of hydrogen-bond donors (Lipinski definition) is 1. The average molecular weight is 252 g/mol. The summed E-state index contributed by atoms with van der Waals surface area (Å²) < 4.78 is 31.5. The van der Waals surface area contributed by atoms with Crippen LogP contribution in [0.4, 0.5) is 14.5 Å². The predicted octanol–water partition coefficient (Wildman–Crippen LogP) is 2.44. The Bertz CT molecular complexity index is 561. The van der Waals surface area contributed by atoms with Crippen molar-refractivity contribution in [2.24, 2.45) is 0 Å². The topological polar surface area (TPSA) is 55.1 Å². The van der Waals surface area contributed by atoms with Crippen LogP contribution in [0, 0.1) is 18.6 Å². The van der Waals surface area contributed by atoms with Crippen LogP contribution in [0.3, 0.4) is 0 Å². The molecule has 1 aromatic heterocycles. The Morgan fingerprint density at radius 1 is 1.39 bits per heavy atom. The lowest BCUT2D eigenvalue weighted by Crippen LogP contribution is -2.16. The molecule has 6 heteroatoms. The number of benzene rings is 1. The van der Waals surface area contributed by atoms with Crippen LogP contribution in [0.5, 0.6) is 0 Å². The third-order valence-corrected chi connectivity index (χ3v) is 2.39. The number of hydrogen-bond acceptors (Lipinski definition) is 3. The van der Waals surface area contributed by atoms with Crippen LogP contribution in [0.2, 0.25) is 0 Å². The summed E-state index contributed by atoms with van der Waals surface area (Å²) in [7, 11) is 0. The predicted molar refractivity (Wildman–Crippen MR) is 59.9 cm³/mol. The summed E-state index contributed by atoms with van der Waals surface area (Å²) in [6.07, 6.45) is 1.08. The summed E-state index contributed by atoms with van der Waals surface area (Å²) in [6, 6.07) is 3.36. The van der Waals surface area contributed by atoms with Gasteiger partial charge in [-0.15, -0.1) is 0 Å². The molecule has 2 aromatic rings. The number of aromatic nitrogens is 1. The van der Waals surface area contributed by atoms with E-state index in [2.05, 4.69) is 10.3 Å². The zero-order valence-electron chi connectivity index (χ0n) is 9.54. The van der Waals surface area contributed by atoms with Crippen LogP contribution in [0.15, 0.2) is 29.0 Å². The van der Waals surface area contributed by atoms with Crippen LogP contribution in [-0.2, 0) is 11.2 Å². The van der Waals surface area contributed by atoms with Gasteiger partial charge in [-0.2, -0.15) is 0 Å². The molecule has 0 aliphatic rings. The van der Waals surface area contributed by atoms with E-state index in [1.807, 2.05) is 0 Å². The first-order valence-electron chi connectivity index (χ1n) is 5.20. The Morgan fingerprint density at radius 2 is 2.06 bits per heavy atom. The normalized spacial score (nSPS) is 10.4. The van der Waals surface area contributed by atoms with Gasteiger partial charge in [0.05, 0.1) is 12.1 Å². The third-order valence-electron chi connectivity index (χ3n) is 2.39. The van der Waals surface area contributed by atoms with Crippen molar-refractivity contribution < 1.29 is 18.0 Å². The molecule has 0 saturated heterocycles. The summed E-state index contributed by atoms with van der Waals surface area (Å²) in [5.74, 6) is -1.85. The highest BCUT2D eigenvalue weighted by molar-refractivity contribution is 5.92. The van der Waals surface area contributed by atoms with Gasteiger partial charge in [0.15, 0.2) is 6.39 Å². The highest BCUT2D eigenvalue weighted by atomic mass is 19.1. The van der Waals surface area contributed by atoms with Crippen LogP contribution >= 0.6 is 0 Å². The highest BCUT2D eigenvalue weighted by Gasteiger charge is 2.14. The molecule has 1 N–H and O–H groups in total. The van der Waals surface area contributed by atoms with E-state index in [9.17, 15) is 13.6 Å². The lowest BCUT2D eigenvalue weighted by atomic mass is 10.2. The van der Waals surface area contributed by atoms with E-state index >= 15 is 0 Å². The standard InChI is InChI=1S/C12H10F2N2O2/c1-7-10(18-6-15-7)5-11(17)16-12-8(13)3-2-4-9(12)14/h2-4,6H,5H2,1H3,(H,16,17). The van der Waals surface area contributed by atoms with Crippen molar-refractivity contribution in [1.29, 1.82) is 0 Å². The number of amides is 1. The third kappa shape index (κ3) is 2.53. The fourth-order valence-corrected chi connectivity index (χ4v) is 1.44. The molecule has 1 aromatic carbocycles. The number of nitrogens with one attached hydrogen (secondary N) is 1. The summed E-state index contributed by atoms with van der Waals surface area (Å²) in [5.41, 5.74) is 0.110. The number of carbonyl (C=O) groups excluding carboxylic acids is 1. The van der Waals surface area contributed by atoms with E-state index < -0.39 is 23.2 Å².